The highest BCUT2D eigenvalue weighted by atomic mass is 16.2. The van der Waals surface area contributed by atoms with Crippen molar-refractivity contribution < 1.29 is 4.79 Å². The van der Waals surface area contributed by atoms with Crippen LogP contribution in [-0.2, 0) is 0 Å². The summed E-state index contributed by atoms with van der Waals surface area (Å²) in [7, 11) is 2.09. The molecular formula is C19H28N6O. The second-order valence-corrected chi connectivity index (χ2v) is 7.66. The van der Waals surface area contributed by atoms with Crippen LogP contribution in [0, 0.1) is 5.92 Å². The van der Waals surface area contributed by atoms with Crippen LogP contribution < -0.4 is 4.90 Å². The number of aromatic nitrogens is 3. The van der Waals surface area contributed by atoms with Crippen LogP contribution in [0.4, 0.5) is 10.6 Å². The number of likely N-dealkylation sites (tertiary alicyclic amines) is 2. The molecule has 4 heterocycles. The van der Waals surface area contributed by atoms with Crippen LogP contribution in [0.25, 0.3) is 11.0 Å². The summed E-state index contributed by atoms with van der Waals surface area (Å²) in [6.07, 6.45) is 8.03. The number of anilines is 1. The fourth-order valence-corrected chi connectivity index (χ4v) is 4.31. The molecule has 2 fully saturated rings. The van der Waals surface area contributed by atoms with Crippen LogP contribution >= 0.6 is 0 Å². The van der Waals surface area contributed by atoms with Gasteiger partial charge in [-0.25, -0.2) is 14.8 Å². The van der Waals surface area contributed by atoms with Gasteiger partial charge in [0.1, 0.15) is 17.8 Å². The topological polar surface area (TPSA) is 68.4 Å². The van der Waals surface area contributed by atoms with E-state index in [1.807, 2.05) is 22.1 Å². The van der Waals surface area contributed by atoms with Crippen LogP contribution in [0.5, 0.6) is 0 Å². The maximum Gasteiger partial charge on any atom is 0.320 e. The van der Waals surface area contributed by atoms with Gasteiger partial charge in [-0.05, 0) is 37.7 Å². The highest BCUT2D eigenvalue weighted by Crippen LogP contribution is 2.29. The molecule has 0 bridgehead atoms. The Bertz CT molecular complexity index is 768. The number of fused-ring (bicyclic) bond motifs is 1. The van der Waals surface area contributed by atoms with E-state index in [4.69, 9.17) is 0 Å². The van der Waals surface area contributed by atoms with Gasteiger partial charge in [-0.1, -0.05) is 6.92 Å². The fraction of sp³-hybridized carbons (Fsp3) is 0.632. The summed E-state index contributed by atoms with van der Waals surface area (Å²) in [5, 5.41) is 1.03. The molecule has 26 heavy (non-hydrogen) atoms. The number of carbonyl (C=O) groups excluding carboxylic acids is 1. The number of hydrogen-bond donors (Lipinski definition) is 1. The lowest BCUT2D eigenvalue weighted by Gasteiger charge is -2.44. The SMILES string of the molecule is CC1CCN(C(=O)N2CCCCC2)CC1N(C)c1ncnc2[nH]ccc12. The molecule has 0 aliphatic carbocycles. The maximum atomic E-state index is 12.9. The van der Waals surface area contributed by atoms with Gasteiger partial charge in [-0.15, -0.1) is 0 Å². The first-order valence-corrected chi connectivity index (χ1v) is 9.70. The zero-order valence-corrected chi connectivity index (χ0v) is 15.7. The van der Waals surface area contributed by atoms with Crippen LogP contribution in [0.2, 0.25) is 0 Å². The summed E-state index contributed by atoms with van der Waals surface area (Å²) < 4.78 is 0. The molecule has 2 atom stereocenters. The fourth-order valence-electron chi connectivity index (χ4n) is 4.31. The second kappa shape index (κ2) is 7.13. The van der Waals surface area contributed by atoms with E-state index in [1.54, 1.807) is 6.33 Å². The third kappa shape index (κ3) is 3.10. The van der Waals surface area contributed by atoms with Gasteiger partial charge >= 0.3 is 6.03 Å². The Morgan fingerprint density at radius 2 is 2.00 bits per heavy atom. The van der Waals surface area contributed by atoms with Crippen molar-refractivity contribution in [3.05, 3.63) is 18.6 Å². The molecule has 0 saturated carbocycles. The number of nitrogens with zero attached hydrogens (tertiary/aromatic N) is 5. The molecule has 1 N–H and O–H groups in total. The molecule has 0 radical (unpaired) electrons. The lowest BCUT2D eigenvalue weighted by molar-refractivity contribution is 0.119. The summed E-state index contributed by atoms with van der Waals surface area (Å²) in [5.41, 5.74) is 0.853. The molecule has 2 aliphatic rings. The molecule has 4 rings (SSSR count). The normalized spacial score (nSPS) is 24.1. The average molecular weight is 356 g/mol. The van der Waals surface area contributed by atoms with Gasteiger partial charge in [-0.2, -0.15) is 0 Å². The lowest BCUT2D eigenvalue weighted by Crippen LogP contribution is -2.56. The number of piperidine rings is 2. The second-order valence-electron chi connectivity index (χ2n) is 7.66. The molecule has 0 aromatic carbocycles. The Morgan fingerprint density at radius 3 is 2.81 bits per heavy atom. The van der Waals surface area contributed by atoms with E-state index in [-0.39, 0.29) is 12.1 Å². The minimum atomic E-state index is 0.212. The molecule has 7 heteroatoms. The first-order valence-electron chi connectivity index (χ1n) is 9.70. The van der Waals surface area contributed by atoms with Gasteiger partial charge in [0.05, 0.1) is 11.4 Å². The Morgan fingerprint density at radius 1 is 1.19 bits per heavy atom. The number of nitrogens with one attached hydrogen (secondary N) is 1. The Labute approximate surface area is 154 Å². The zero-order chi connectivity index (χ0) is 18.1. The predicted octanol–water partition coefficient (Wildman–Crippen LogP) is 2.71. The van der Waals surface area contributed by atoms with Gasteiger partial charge < -0.3 is 19.7 Å². The number of hydrogen-bond acceptors (Lipinski definition) is 4. The van der Waals surface area contributed by atoms with Crippen molar-refractivity contribution in [2.24, 2.45) is 5.92 Å². The van der Waals surface area contributed by atoms with Crippen LogP contribution in [0.1, 0.15) is 32.6 Å². The molecule has 7 nitrogen and oxygen atoms in total. The van der Waals surface area contributed by atoms with Gasteiger partial charge in [0, 0.05) is 39.4 Å². The van der Waals surface area contributed by atoms with Crippen molar-refractivity contribution >= 4 is 22.9 Å². The van der Waals surface area contributed by atoms with E-state index >= 15 is 0 Å². The Kier molecular flexibility index (Phi) is 4.70. The van der Waals surface area contributed by atoms with Crippen molar-refractivity contribution in [1.29, 1.82) is 0 Å². The maximum absolute atomic E-state index is 12.9. The first-order chi connectivity index (χ1) is 12.6. The molecule has 2 unspecified atom stereocenters. The summed E-state index contributed by atoms with van der Waals surface area (Å²) in [4.78, 5) is 31.2. The molecule has 0 spiro atoms. The van der Waals surface area contributed by atoms with Crippen molar-refractivity contribution in [2.75, 3.05) is 38.1 Å². The van der Waals surface area contributed by atoms with Crippen molar-refractivity contribution in [2.45, 2.75) is 38.6 Å². The molecular weight excluding hydrogens is 328 g/mol. The van der Waals surface area contributed by atoms with E-state index in [9.17, 15) is 4.79 Å². The molecule has 2 amide bonds. The van der Waals surface area contributed by atoms with Crippen LogP contribution in [-0.4, -0.2) is 70.1 Å². The summed E-state index contributed by atoms with van der Waals surface area (Å²) in [6, 6.07) is 2.49. The van der Waals surface area contributed by atoms with Gasteiger partial charge in [0.15, 0.2) is 0 Å². The predicted molar refractivity (Wildman–Crippen MR) is 102 cm³/mol. The molecule has 2 saturated heterocycles. The van der Waals surface area contributed by atoms with E-state index < -0.39 is 0 Å². The number of amides is 2. The minimum Gasteiger partial charge on any atom is -0.354 e. The summed E-state index contributed by atoms with van der Waals surface area (Å²) in [5.74, 6) is 1.44. The van der Waals surface area contributed by atoms with E-state index in [1.165, 1.54) is 6.42 Å². The monoisotopic (exact) mass is 356 g/mol. The number of aromatic amines is 1. The Balaban J connectivity index is 1.53. The Hall–Kier alpha value is -2.31. The van der Waals surface area contributed by atoms with E-state index in [2.05, 4.69) is 33.8 Å². The number of carbonyl (C=O) groups is 1. The van der Waals surface area contributed by atoms with Crippen LogP contribution in [0.3, 0.4) is 0 Å². The van der Waals surface area contributed by atoms with Crippen molar-refractivity contribution in [1.82, 2.24) is 24.8 Å². The summed E-state index contributed by atoms with van der Waals surface area (Å²) >= 11 is 0. The number of likely N-dealkylation sites (N-methyl/N-ethyl adjacent to an activating group) is 1. The smallest absolute Gasteiger partial charge is 0.320 e. The van der Waals surface area contributed by atoms with Gasteiger partial charge in [0.25, 0.3) is 0 Å². The van der Waals surface area contributed by atoms with E-state index in [0.717, 1.165) is 62.3 Å². The molecule has 140 valence electrons. The largest absolute Gasteiger partial charge is 0.354 e. The molecule has 2 aliphatic heterocycles. The number of urea groups is 1. The van der Waals surface area contributed by atoms with Gasteiger partial charge in [-0.3, -0.25) is 0 Å². The first kappa shape index (κ1) is 17.1. The van der Waals surface area contributed by atoms with Gasteiger partial charge in [0.2, 0.25) is 0 Å². The quantitative estimate of drug-likeness (QED) is 0.898. The zero-order valence-electron chi connectivity index (χ0n) is 15.7. The lowest BCUT2D eigenvalue weighted by atomic mass is 9.92. The van der Waals surface area contributed by atoms with Crippen molar-refractivity contribution in [3.8, 4) is 0 Å². The third-order valence-corrected chi connectivity index (χ3v) is 5.98. The van der Waals surface area contributed by atoms with Crippen molar-refractivity contribution in [3.63, 3.8) is 0 Å². The third-order valence-electron chi connectivity index (χ3n) is 5.98. The average Bonchev–Trinajstić information content (AvgIpc) is 3.17. The minimum absolute atomic E-state index is 0.212. The molecule has 2 aromatic rings. The summed E-state index contributed by atoms with van der Waals surface area (Å²) in [6.45, 7) is 5.69. The highest BCUT2D eigenvalue weighted by molar-refractivity contribution is 5.87. The van der Waals surface area contributed by atoms with Crippen LogP contribution in [0.15, 0.2) is 18.6 Å². The molecule has 2 aromatic heterocycles. The standard InChI is InChI=1S/C19H28N6O/c1-14-7-11-25(19(26)24-9-4-3-5-10-24)12-16(14)23(2)18-15-6-8-20-17(15)21-13-22-18/h6,8,13-14,16H,3-5,7,9-12H2,1-2H3,(H,20,21,22). The number of rotatable bonds is 2. The highest BCUT2D eigenvalue weighted by Gasteiger charge is 2.34. The van der Waals surface area contributed by atoms with E-state index in [0.29, 0.717) is 5.92 Å². The number of H-pyrrole nitrogens is 1.